The van der Waals surface area contributed by atoms with Gasteiger partial charge in [-0.3, -0.25) is 4.90 Å². The minimum Gasteiger partial charge on any atom is -0.389 e. The van der Waals surface area contributed by atoms with Crippen LogP contribution in [0.4, 0.5) is 0 Å². The Bertz CT molecular complexity index is 215. The molecule has 4 heteroatoms. The average molecular weight is 228 g/mol. The summed E-state index contributed by atoms with van der Waals surface area (Å²) in [6.45, 7) is 2.28. The molecule has 0 aromatic carbocycles. The quantitative estimate of drug-likeness (QED) is 0.626. The molecule has 2 aliphatic rings. The van der Waals surface area contributed by atoms with Crippen molar-refractivity contribution in [2.75, 3.05) is 26.7 Å². The number of hydrogen-bond acceptors (Lipinski definition) is 4. The Labute approximate surface area is 97.6 Å². The van der Waals surface area contributed by atoms with Crippen molar-refractivity contribution in [1.82, 2.24) is 10.2 Å². The van der Waals surface area contributed by atoms with E-state index in [0.29, 0.717) is 25.0 Å². The van der Waals surface area contributed by atoms with Crippen molar-refractivity contribution in [2.24, 2.45) is 5.92 Å². The molecule has 0 spiro atoms. The lowest BCUT2D eigenvalue weighted by Gasteiger charge is -2.34. The number of nitrogens with one attached hydrogen (secondary N) is 1. The van der Waals surface area contributed by atoms with Crippen LogP contribution in [0.15, 0.2) is 0 Å². The number of aliphatic hydroxyl groups excluding tert-OH is 2. The van der Waals surface area contributed by atoms with E-state index in [4.69, 9.17) is 0 Å². The van der Waals surface area contributed by atoms with Crippen LogP contribution in [0.3, 0.4) is 0 Å². The summed E-state index contributed by atoms with van der Waals surface area (Å²) in [6.07, 6.45) is 4.09. The number of aliphatic hydroxyl groups is 2. The molecular formula is C12H24N2O2. The molecule has 1 heterocycles. The second kappa shape index (κ2) is 5.45. The fraction of sp³-hybridized carbons (Fsp3) is 1.00. The maximum absolute atomic E-state index is 9.51. The molecule has 2 rings (SSSR count). The van der Waals surface area contributed by atoms with Gasteiger partial charge in [0.25, 0.3) is 0 Å². The van der Waals surface area contributed by atoms with Gasteiger partial charge in [0.2, 0.25) is 0 Å². The first-order valence-corrected chi connectivity index (χ1v) is 6.46. The highest BCUT2D eigenvalue weighted by atomic mass is 16.3. The van der Waals surface area contributed by atoms with Gasteiger partial charge in [-0.15, -0.1) is 0 Å². The molecule has 2 fully saturated rings. The van der Waals surface area contributed by atoms with Crippen LogP contribution in [0.25, 0.3) is 0 Å². The molecule has 1 aliphatic heterocycles. The Morgan fingerprint density at radius 3 is 2.38 bits per heavy atom. The van der Waals surface area contributed by atoms with E-state index < -0.39 is 12.2 Å². The van der Waals surface area contributed by atoms with E-state index >= 15 is 0 Å². The van der Waals surface area contributed by atoms with Crippen molar-refractivity contribution >= 4 is 0 Å². The molecule has 1 aliphatic carbocycles. The largest absolute Gasteiger partial charge is 0.389 e. The van der Waals surface area contributed by atoms with Crippen molar-refractivity contribution in [2.45, 2.75) is 43.9 Å². The molecule has 3 N–H and O–H groups in total. The van der Waals surface area contributed by atoms with Gasteiger partial charge < -0.3 is 15.5 Å². The molecule has 0 amide bonds. The lowest BCUT2D eigenvalue weighted by atomic mass is 9.84. The van der Waals surface area contributed by atoms with Crippen molar-refractivity contribution in [1.29, 1.82) is 0 Å². The van der Waals surface area contributed by atoms with Gasteiger partial charge in [-0.2, -0.15) is 0 Å². The monoisotopic (exact) mass is 228 g/mol. The fourth-order valence-electron chi connectivity index (χ4n) is 3.13. The Hall–Kier alpha value is -0.160. The first-order valence-electron chi connectivity index (χ1n) is 6.46. The van der Waals surface area contributed by atoms with Gasteiger partial charge in [-0.05, 0) is 25.8 Å². The van der Waals surface area contributed by atoms with Crippen molar-refractivity contribution in [3.63, 3.8) is 0 Å². The standard InChI is InChI=1S/C12H24N2O2/c1-13-10-5-3-2-4-9(10)6-14-7-11(15)12(16)8-14/h9-13,15-16H,2-8H2,1H3. The van der Waals surface area contributed by atoms with E-state index in [1.807, 2.05) is 7.05 Å². The van der Waals surface area contributed by atoms with Gasteiger partial charge in [0.05, 0.1) is 12.2 Å². The highest BCUT2D eigenvalue weighted by Gasteiger charge is 2.33. The predicted octanol–water partition coefficient (Wildman–Crippen LogP) is -0.198. The normalized spacial score (nSPS) is 41.4. The van der Waals surface area contributed by atoms with E-state index in [0.717, 1.165) is 6.54 Å². The Morgan fingerprint density at radius 2 is 1.75 bits per heavy atom. The molecule has 4 atom stereocenters. The highest BCUT2D eigenvalue weighted by Crippen LogP contribution is 2.26. The van der Waals surface area contributed by atoms with Crippen LogP contribution in [0, 0.1) is 5.92 Å². The van der Waals surface area contributed by atoms with Crippen molar-refractivity contribution < 1.29 is 10.2 Å². The zero-order valence-corrected chi connectivity index (χ0v) is 10.1. The van der Waals surface area contributed by atoms with Gasteiger partial charge in [0.15, 0.2) is 0 Å². The first-order chi connectivity index (χ1) is 7.70. The van der Waals surface area contributed by atoms with Gasteiger partial charge in [0, 0.05) is 25.7 Å². The number of hydrogen-bond donors (Lipinski definition) is 3. The second-order valence-corrected chi connectivity index (χ2v) is 5.29. The lowest BCUT2D eigenvalue weighted by Crippen LogP contribution is -2.42. The van der Waals surface area contributed by atoms with Crippen LogP contribution in [-0.2, 0) is 0 Å². The van der Waals surface area contributed by atoms with Crippen LogP contribution in [0.2, 0.25) is 0 Å². The van der Waals surface area contributed by atoms with E-state index in [2.05, 4.69) is 10.2 Å². The Morgan fingerprint density at radius 1 is 1.12 bits per heavy atom. The molecule has 1 saturated heterocycles. The van der Waals surface area contributed by atoms with E-state index in [1.165, 1.54) is 25.7 Å². The molecule has 4 nitrogen and oxygen atoms in total. The minimum atomic E-state index is -0.545. The molecule has 0 radical (unpaired) electrons. The smallest absolute Gasteiger partial charge is 0.0938 e. The topological polar surface area (TPSA) is 55.7 Å². The zero-order valence-electron chi connectivity index (χ0n) is 10.1. The summed E-state index contributed by atoms with van der Waals surface area (Å²) in [5.41, 5.74) is 0. The third-order valence-corrected chi connectivity index (χ3v) is 4.11. The molecule has 4 unspecified atom stereocenters. The maximum Gasteiger partial charge on any atom is 0.0938 e. The average Bonchev–Trinajstić information content (AvgIpc) is 2.59. The van der Waals surface area contributed by atoms with Crippen LogP contribution >= 0.6 is 0 Å². The van der Waals surface area contributed by atoms with Crippen molar-refractivity contribution in [3.05, 3.63) is 0 Å². The Kier molecular flexibility index (Phi) is 4.19. The number of rotatable bonds is 3. The molecule has 0 aromatic heterocycles. The van der Waals surface area contributed by atoms with Crippen molar-refractivity contribution in [3.8, 4) is 0 Å². The molecule has 16 heavy (non-hydrogen) atoms. The number of β-amino-alcohol motifs (C(OH)–C–C–N with tert-alkyl or cyclic N) is 2. The lowest BCUT2D eigenvalue weighted by molar-refractivity contribution is 0.0572. The first kappa shape index (κ1) is 12.3. The van der Waals surface area contributed by atoms with Crippen LogP contribution in [-0.4, -0.2) is 60.0 Å². The summed E-state index contributed by atoms with van der Waals surface area (Å²) < 4.78 is 0. The summed E-state index contributed by atoms with van der Waals surface area (Å²) >= 11 is 0. The fourth-order valence-corrected chi connectivity index (χ4v) is 3.13. The third-order valence-electron chi connectivity index (χ3n) is 4.11. The minimum absolute atomic E-state index is 0.545. The zero-order chi connectivity index (χ0) is 11.5. The Balaban J connectivity index is 1.84. The molecule has 0 bridgehead atoms. The summed E-state index contributed by atoms with van der Waals surface area (Å²) in [6, 6.07) is 0.614. The second-order valence-electron chi connectivity index (χ2n) is 5.29. The van der Waals surface area contributed by atoms with Gasteiger partial charge in [0.1, 0.15) is 0 Å². The SMILES string of the molecule is CNC1CCCCC1CN1CC(O)C(O)C1. The van der Waals surface area contributed by atoms with E-state index in [9.17, 15) is 10.2 Å². The molecular weight excluding hydrogens is 204 g/mol. The molecule has 1 saturated carbocycles. The molecule has 0 aromatic rings. The third kappa shape index (κ3) is 2.74. The van der Waals surface area contributed by atoms with Gasteiger partial charge in [-0.25, -0.2) is 0 Å². The highest BCUT2D eigenvalue weighted by molar-refractivity contribution is 4.88. The van der Waals surface area contributed by atoms with E-state index in [-0.39, 0.29) is 0 Å². The summed E-state index contributed by atoms with van der Waals surface area (Å²) in [5.74, 6) is 0.677. The van der Waals surface area contributed by atoms with E-state index in [1.54, 1.807) is 0 Å². The predicted molar refractivity (Wildman–Crippen MR) is 63.3 cm³/mol. The summed E-state index contributed by atoms with van der Waals surface area (Å²) in [4.78, 5) is 2.20. The number of likely N-dealkylation sites (tertiary alicyclic amines) is 1. The maximum atomic E-state index is 9.51. The van der Waals surface area contributed by atoms with Gasteiger partial charge in [-0.1, -0.05) is 12.8 Å². The molecule has 94 valence electrons. The summed E-state index contributed by atoms with van der Waals surface area (Å²) in [5, 5.41) is 22.4. The van der Waals surface area contributed by atoms with Crippen LogP contribution in [0.1, 0.15) is 25.7 Å². The number of nitrogens with zero attached hydrogens (tertiary/aromatic N) is 1. The van der Waals surface area contributed by atoms with Crippen LogP contribution < -0.4 is 5.32 Å². The van der Waals surface area contributed by atoms with Gasteiger partial charge >= 0.3 is 0 Å². The van der Waals surface area contributed by atoms with Crippen LogP contribution in [0.5, 0.6) is 0 Å². The summed E-state index contributed by atoms with van der Waals surface area (Å²) in [7, 11) is 2.04.